The number of hydrogen-bond donors (Lipinski definition) is 13. The number of carbonyl (C=O) groups excluding carboxylic acids is 7. The van der Waals surface area contributed by atoms with Crippen molar-refractivity contribution >= 4 is 130 Å². The number of carbonyl (C=O) groups is 10. The van der Waals surface area contributed by atoms with E-state index in [4.69, 9.17) is 91.0 Å². The molecule has 1 rings (SSSR count). The van der Waals surface area contributed by atoms with E-state index in [-0.39, 0.29) is 141 Å². The Morgan fingerprint density at radius 2 is 0.850 bits per heavy atom. The summed E-state index contributed by atoms with van der Waals surface area (Å²) in [7, 11) is 0. The van der Waals surface area contributed by atoms with Gasteiger partial charge in [0.25, 0.3) is 23.4 Å². The largest absolute Gasteiger partial charge is 0.481 e. The molecule has 0 aromatic heterocycles. The molecular formula is C93H179N9O25S6. The predicted molar refractivity (Wildman–Crippen MR) is 544 cm³/mol. The average molecular weight is 2020 g/mol. The Bertz CT molecular complexity index is 3160. The molecule has 0 fully saturated rings. The summed E-state index contributed by atoms with van der Waals surface area (Å²) in [6.45, 7) is 49.6. The molecule has 0 radical (unpaired) electrons. The summed E-state index contributed by atoms with van der Waals surface area (Å²) < 4.78 is 59.6. The number of carboxylic acids is 3. The van der Waals surface area contributed by atoms with Crippen molar-refractivity contribution in [2.45, 2.75) is 376 Å². The van der Waals surface area contributed by atoms with Gasteiger partial charge in [-0.05, 0) is 226 Å². The van der Waals surface area contributed by atoms with E-state index in [9.17, 15) is 58.2 Å². The van der Waals surface area contributed by atoms with Crippen molar-refractivity contribution in [3.63, 3.8) is 0 Å². The maximum atomic E-state index is 12.6. The minimum Gasteiger partial charge on any atom is -0.481 e. The quantitative estimate of drug-likeness (QED) is 0.0125. The lowest BCUT2D eigenvalue weighted by Crippen LogP contribution is -2.64. The molecule has 18 N–H and O–H groups in total. The first-order valence-corrected chi connectivity index (χ1v) is 53.9. The van der Waals surface area contributed by atoms with Crippen LogP contribution in [0.4, 0.5) is 0 Å². The number of ketones is 1. The molecule has 11 unspecified atom stereocenters. The fourth-order valence-electron chi connectivity index (χ4n) is 11.9. The monoisotopic (exact) mass is 2010 g/mol. The molecule has 0 spiro atoms. The standard InChI is InChI=1S/C20H32N2O4S.C17H35NO4S.C16H32N2O4S.C16H31NO4S.C15H30N2O6S.C9H19NO3S/c1-4-27-13-11-17(21)19(26-15(2)3)20(24)22-12-10-18(23)25-14-16-8-6-5-7-9-16;1-8-21-17(7,10-16(19)20)18-11-15(22-12(3)4)13(5)14(6)23-9-2;1-5-21-14(19)8-7-10-18-16(20)15(22-12(3)4)13(17)9-11-23-6-2;1-5-20-15(19)9-7-8-14(18)16(21-12(3)4)13(17)10-11-22-6-2;1-6-22-15(8-18,14(20)21)17-13(19)12(23-9(3)4)11(16)10(5)24-7-2;1-6(2)13-8(9(11)12)7(10)4-5-14-3/h5-9,15,17,19H,4,10-14,21H2,1-3H3,(H,22,24);12-15,18H,8-11H2,1-7H3,(H,19,20);12-13,15H,5-11,17H2,1-4H3,(H,18,20);12-13,16H,5-11,17H2,1-4H3;9-12,18H,6-8,16H2,1-5H3,(H,17,19)(H,20,21);6-8H,4-5,10H2,1-3H3,(H,11,12)/t17-,19?;13-,14?,15?,17?;13-,15?;;10?,11-,12?,15?;7-,8?/m101.11/s1. The summed E-state index contributed by atoms with van der Waals surface area (Å²) in [5.41, 5.74) is 28.1. The third-order valence-electron chi connectivity index (χ3n) is 18.6. The third-order valence-corrected chi connectivity index (χ3v) is 24.5. The average Bonchev–Trinajstić information content (AvgIpc) is 0.818. The van der Waals surface area contributed by atoms with Crippen LogP contribution in [0.2, 0.25) is 0 Å². The lowest BCUT2D eigenvalue weighted by molar-refractivity contribution is -0.183. The second kappa shape index (κ2) is 84.5. The van der Waals surface area contributed by atoms with E-state index in [0.29, 0.717) is 82.6 Å². The highest BCUT2D eigenvalue weighted by atomic mass is 32.2. The first-order valence-electron chi connectivity index (χ1n) is 46.9. The Labute approximate surface area is 823 Å². The minimum absolute atomic E-state index is 0.00299. The van der Waals surface area contributed by atoms with Crippen LogP contribution in [-0.2, 0) is 107 Å². The van der Waals surface area contributed by atoms with E-state index in [1.54, 1.807) is 114 Å². The first kappa shape index (κ1) is 137. The van der Waals surface area contributed by atoms with Crippen LogP contribution in [0.1, 0.15) is 249 Å². The zero-order chi connectivity index (χ0) is 103. The SMILES string of the molecule is CCOC(=O)CCCC(=O)C(OC(C)C)C(N)CCSCC.CCOC(=O)CCCNC(=O)C(OC(C)C)[C@H](N)CCSCC.CCOC(C)(CC(=O)O)NCC(OC(C)C)[C@@H](C)C(C)SCC.CCOC(CO)(NC(=O)C(OC(C)C)[C@H](N)C(C)SCC)C(=O)O.CCSCC[C@@H](N)C(OC(C)C)C(=O)NCCC(=O)OCc1ccccc1.CSCC[C@@H](N)C(OC(C)C)C(=O)O. The number of thioether (sulfide) groups is 6. The highest BCUT2D eigenvalue weighted by molar-refractivity contribution is 8.00. The number of benzene rings is 1. The fraction of sp³-hybridized carbons (Fsp3) is 0.828. The van der Waals surface area contributed by atoms with Gasteiger partial charge < -0.3 is 117 Å². The molecule has 133 heavy (non-hydrogen) atoms. The van der Waals surface area contributed by atoms with Gasteiger partial charge in [0.15, 0.2) is 30.2 Å². The van der Waals surface area contributed by atoms with E-state index >= 15 is 0 Å². The third kappa shape index (κ3) is 71.7. The number of ether oxygens (including phenoxy) is 11. The van der Waals surface area contributed by atoms with Crippen LogP contribution < -0.4 is 49.9 Å². The van der Waals surface area contributed by atoms with Gasteiger partial charge in [0, 0.05) is 86.8 Å². The van der Waals surface area contributed by atoms with Crippen LogP contribution >= 0.6 is 70.6 Å². The van der Waals surface area contributed by atoms with E-state index in [1.807, 2.05) is 125 Å². The van der Waals surface area contributed by atoms with Crippen LogP contribution in [0.3, 0.4) is 0 Å². The summed E-state index contributed by atoms with van der Waals surface area (Å²) in [5, 5.41) is 48.2. The molecule has 0 saturated carbocycles. The second-order valence-electron chi connectivity index (χ2n) is 32.6. The van der Waals surface area contributed by atoms with E-state index in [0.717, 1.165) is 70.2 Å². The number of aliphatic hydroxyl groups excluding tert-OH is 1. The van der Waals surface area contributed by atoms with Gasteiger partial charge >= 0.3 is 35.8 Å². The molecule has 782 valence electrons. The van der Waals surface area contributed by atoms with Crippen LogP contribution in [0.15, 0.2) is 30.3 Å². The van der Waals surface area contributed by atoms with Gasteiger partial charge in [0.2, 0.25) is 0 Å². The number of aliphatic hydroxyl groups is 1. The number of nitrogens with one attached hydrogen (secondary N) is 4. The van der Waals surface area contributed by atoms with Gasteiger partial charge in [0.1, 0.15) is 25.0 Å². The number of hydrogen-bond acceptors (Lipinski definition) is 34. The van der Waals surface area contributed by atoms with Crippen molar-refractivity contribution in [3.05, 3.63) is 35.9 Å². The first-order chi connectivity index (χ1) is 62.5. The zero-order valence-electron chi connectivity index (χ0n) is 85.1. The number of amides is 3. The summed E-state index contributed by atoms with van der Waals surface area (Å²) >= 11 is 10.5. The van der Waals surface area contributed by atoms with Crippen molar-refractivity contribution in [3.8, 4) is 0 Å². The molecule has 0 aliphatic carbocycles. The zero-order valence-corrected chi connectivity index (χ0v) is 90.0. The maximum Gasteiger partial charge on any atom is 0.359 e. The Kier molecular flexibility index (Phi) is 87.1. The molecule has 1 aromatic carbocycles. The molecule has 0 bridgehead atoms. The smallest absolute Gasteiger partial charge is 0.359 e. The Morgan fingerprint density at radius 1 is 0.444 bits per heavy atom. The molecule has 0 aliphatic rings. The van der Waals surface area contributed by atoms with E-state index in [1.165, 1.54) is 0 Å². The lowest BCUT2D eigenvalue weighted by Gasteiger charge is -2.35. The van der Waals surface area contributed by atoms with Crippen molar-refractivity contribution in [1.82, 2.24) is 21.3 Å². The highest BCUT2D eigenvalue weighted by Crippen LogP contribution is 2.26. The highest BCUT2D eigenvalue weighted by Gasteiger charge is 2.45. The van der Waals surface area contributed by atoms with Crippen LogP contribution in [-0.4, -0.2) is 316 Å². The molecule has 3 amide bonds. The number of esters is 3. The van der Waals surface area contributed by atoms with Gasteiger partial charge in [-0.3, -0.25) is 43.7 Å². The summed E-state index contributed by atoms with van der Waals surface area (Å²) in [6, 6.07) is 7.38. The summed E-state index contributed by atoms with van der Waals surface area (Å²) in [6.07, 6.45) is 2.28. The minimum atomic E-state index is -2.22. The fourth-order valence-corrected chi connectivity index (χ4v) is 16.5. The molecule has 1 aromatic rings. The number of nitrogens with two attached hydrogens (primary N) is 5. The van der Waals surface area contributed by atoms with Gasteiger partial charge in [-0.2, -0.15) is 70.6 Å². The van der Waals surface area contributed by atoms with Crippen molar-refractivity contribution in [2.24, 2.45) is 34.6 Å². The maximum absolute atomic E-state index is 12.6. The Hall–Kier alpha value is -4.38. The van der Waals surface area contributed by atoms with Gasteiger partial charge in [-0.25, -0.2) is 9.59 Å². The summed E-state index contributed by atoms with van der Waals surface area (Å²) in [5.74, 6) is 3.43. The Balaban J connectivity index is -0.000000497. The predicted octanol–water partition coefficient (Wildman–Crippen LogP) is 11.3. The molecule has 0 saturated heterocycles. The molecule has 34 nitrogen and oxygen atoms in total. The summed E-state index contributed by atoms with van der Waals surface area (Å²) in [4.78, 5) is 117. The number of aliphatic carboxylic acids is 3. The Morgan fingerprint density at radius 3 is 1.26 bits per heavy atom. The number of rotatable bonds is 71. The van der Waals surface area contributed by atoms with Crippen molar-refractivity contribution in [1.29, 1.82) is 0 Å². The normalized spacial score (nSPS) is 15.4. The molecule has 16 atom stereocenters. The van der Waals surface area contributed by atoms with Gasteiger partial charge in [-0.15, -0.1) is 0 Å². The second-order valence-corrected chi connectivity index (χ2v) is 41.1. The molecule has 0 heterocycles. The molecule has 0 aliphatic heterocycles. The van der Waals surface area contributed by atoms with Gasteiger partial charge in [0.05, 0.1) is 74.8 Å². The number of carboxylic acid groups (broad SMARTS) is 3. The molecule has 40 heteroatoms. The lowest BCUT2D eigenvalue weighted by atomic mass is 10.00. The van der Waals surface area contributed by atoms with Crippen LogP contribution in [0, 0.1) is 5.92 Å². The van der Waals surface area contributed by atoms with Gasteiger partial charge in [-0.1, -0.05) is 85.7 Å². The topological polar surface area (TPSA) is 531 Å². The van der Waals surface area contributed by atoms with E-state index < -0.39 is 84.5 Å². The molecular weight excluding hydrogens is 1840 g/mol. The van der Waals surface area contributed by atoms with Crippen LogP contribution in [0.25, 0.3) is 0 Å². The van der Waals surface area contributed by atoms with Crippen molar-refractivity contribution < 1.29 is 120 Å². The van der Waals surface area contributed by atoms with E-state index in [2.05, 4.69) is 62.8 Å². The van der Waals surface area contributed by atoms with Crippen molar-refractivity contribution in [2.75, 3.05) is 111 Å². The number of Topliss-reactive ketones (excluding diaryl/α,β-unsaturated/α-hetero) is 1. The van der Waals surface area contributed by atoms with Crippen LogP contribution in [0.5, 0.6) is 0 Å².